The molecule has 3 atom stereocenters. The number of nitrogens with one attached hydrogen (secondary N) is 1. The fourth-order valence-corrected chi connectivity index (χ4v) is 8.10. The Kier molecular flexibility index (Phi) is 8.94. The van der Waals surface area contributed by atoms with Crippen LogP contribution in [0.25, 0.3) is 0 Å². The number of methoxy groups -OCH3 is 1. The molecule has 2 amide bonds. The van der Waals surface area contributed by atoms with Crippen LogP contribution >= 0.6 is 11.3 Å². The quantitative estimate of drug-likeness (QED) is 0.333. The highest BCUT2D eigenvalue weighted by molar-refractivity contribution is 7.11. The van der Waals surface area contributed by atoms with Gasteiger partial charge in [-0.3, -0.25) is 9.89 Å². The predicted molar refractivity (Wildman–Crippen MR) is 185 cm³/mol. The Balaban J connectivity index is 1.07. The maximum absolute atomic E-state index is 14.4. The molecular weight excluding hydrogens is 644 g/mol. The second kappa shape index (κ2) is 13.2. The number of benzene rings is 1. The molecular formula is C37H41FN6O4S. The van der Waals surface area contributed by atoms with Crippen LogP contribution in [-0.2, 0) is 15.1 Å². The predicted octanol–water partition coefficient (Wildman–Crippen LogP) is 4.20. The smallest absolute Gasteiger partial charge is 0.337 e. The Labute approximate surface area is 290 Å². The van der Waals surface area contributed by atoms with Gasteiger partial charge in [0.25, 0.3) is 0 Å². The molecule has 3 aliphatic heterocycles. The Bertz CT molecular complexity index is 1800. The average molecular weight is 685 g/mol. The first-order chi connectivity index (χ1) is 23.5. The second-order valence-electron chi connectivity index (χ2n) is 14.0. The van der Waals surface area contributed by atoms with Gasteiger partial charge in [0.1, 0.15) is 5.83 Å². The van der Waals surface area contributed by atoms with E-state index < -0.39 is 23.0 Å². The number of fused-ring (bicyclic) bond motifs is 1. The van der Waals surface area contributed by atoms with E-state index in [9.17, 15) is 19.1 Å². The number of aliphatic hydroxyl groups is 1. The molecule has 1 saturated carbocycles. The highest BCUT2D eigenvalue weighted by atomic mass is 32.1. The lowest BCUT2D eigenvalue weighted by Crippen LogP contribution is -2.54. The molecule has 2 aliphatic carbocycles. The number of thiazole rings is 1. The summed E-state index contributed by atoms with van der Waals surface area (Å²) >= 11 is 1.45. The average Bonchev–Trinajstić information content (AvgIpc) is 3.71. The molecule has 2 N–H and O–H groups in total. The number of aromatic nitrogens is 1. The van der Waals surface area contributed by atoms with Crippen LogP contribution in [-0.4, -0.2) is 101 Å². The van der Waals surface area contributed by atoms with Crippen LogP contribution in [0.1, 0.15) is 49.2 Å². The van der Waals surface area contributed by atoms with Crippen LogP contribution in [0.4, 0.5) is 9.18 Å². The fourth-order valence-electron chi connectivity index (χ4n) is 7.51. The van der Waals surface area contributed by atoms with Gasteiger partial charge in [-0.2, -0.15) is 0 Å². The first kappa shape index (κ1) is 33.2. The molecule has 0 bridgehead atoms. The fraction of sp³-hybridized carbons (Fsp3) is 0.459. The molecule has 2 saturated heterocycles. The third-order valence-corrected chi connectivity index (χ3v) is 11.2. The normalized spacial score (nSPS) is 25.8. The van der Waals surface area contributed by atoms with E-state index in [1.165, 1.54) is 24.5 Å². The summed E-state index contributed by atoms with van der Waals surface area (Å²) in [4.78, 5) is 42.2. The van der Waals surface area contributed by atoms with Crippen molar-refractivity contribution in [2.24, 2.45) is 16.3 Å². The summed E-state index contributed by atoms with van der Waals surface area (Å²) in [5, 5.41) is 16.6. The summed E-state index contributed by atoms with van der Waals surface area (Å²) in [6, 6.07) is 7.08. The van der Waals surface area contributed by atoms with Gasteiger partial charge < -0.3 is 25.0 Å². The number of amidine groups is 1. The number of piperazine rings is 1. The topological polar surface area (TPSA) is 111 Å². The van der Waals surface area contributed by atoms with Crippen molar-refractivity contribution >= 4 is 29.2 Å². The van der Waals surface area contributed by atoms with E-state index in [2.05, 4.69) is 27.0 Å². The summed E-state index contributed by atoms with van der Waals surface area (Å²) in [7, 11) is 1.36. The van der Waals surface area contributed by atoms with Crippen LogP contribution in [0.5, 0.6) is 0 Å². The molecule has 4 heterocycles. The lowest BCUT2D eigenvalue weighted by molar-refractivity contribution is -0.136. The van der Waals surface area contributed by atoms with Gasteiger partial charge in [-0.1, -0.05) is 43.9 Å². The zero-order valence-electron chi connectivity index (χ0n) is 28.0. The van der Waals surface area contributed by atoms with Crippen LogP contribution in [0.3, 0.4) is 0 Å². The molecule has 12 heteroatoms. The summed E-state index contributed by atoms with van der Waals surface area (Å²) in [6.45, 7) is 6.98. The molecule has 10 nitrogen and oxygen atoms in total. The second-order valence-corrected chi connectivity index (χ2v) is 14.9. The van der Waals surface area contributed by atoms with Gasteiger partial charge in [0.05, 0.1) is 36.9 Å². The van der Waals surface area contributed by atoms with Crippen LogP contribution in [0, 0.1) is 23.2 Å². The van der Waals surface area contributed by atoms with Crippen LogP contribution < -0.4 is 5.32 Å². The van der Waals surface area contributed by atoms with Gasteiger partial charge in [-0.25, -0.2) is 19.0 Å². The highest BCUT2D eigenvalue weighted by Crippen LogP contribution is 2.43. The molecule has 49 heavy (non-hydrogen) atoms. The van der Waals surface area contributed by atoms with Gasteiger partial charge in [0, 0.05) is 61.5 Å². The molecule has 0 spiro atoms. The van der Waals surface area contributed by atoms with Crippen molar-refractivity contribution in [2.75, 3.05) is 46.4 Å². The lowest BCUT2D eigenvalue weighted by atomic mass is 9.70. The minimum atomic E-state index is -0.697. The van der Waals surface area contributed by atoms with Crippen molar-refractivity contribution in [1.29, 1.82) is 0 Å². The van der Waals surface area contributed by atoms with E-state index in [1.54, 1.807) is 23.2 Å². The Morgan fingerprint density at radius 2 is 2.00 bits per heavy atom. The molecule has 1 unspecified atom stereocenters. The van der Waals surface area contributed by atoms with Crippen LogP contribution in [0.2, 0.25) is 0 Å². The van der Waals surface area contributed by atoms with Crippen LogP contribution in [0.15, 0.2) is 76.2 Å². The summed E-state index contributed by atoms with van der Waals surface area (Å²) in [5.41, 5.74) is 1.56. The SMILES string of the molecule is COC(=O)C1=C(CN2CCN3C(=O)N(CC#Cc4ccc(C5(O)CCC5)cc4)C[C@@H]3C2)NC(c2nccs2)=N[C@H]1C1C=CC(F)=CC1(C)C. The van der Waals surface area contributed by atoms with Crippen molar-refractivity contribution in [3.8, 4) is 11.8 Å². The standard InChI is InChI=1S/C37H41FN6O4S/c1-36(2)20-26(38)11-12-28(36)31-30(34(45)48-3)29(40-32(41-31)33-39-15-19-49-33)23-42-17-18-44-27(21-42)22-43(35(44)46)16-4-6-24-7-9-25(10-8-24)37(47)13-5-14-37/h7-12,15,19-20,27-28,31,47H,5,13-14,16-18,21-23H2,1-3H3,(H,40,41)/t27-,28?,31-/m0/s1. The Morgan fingerprint density at radius 3 is 2.67 bits per heavy atom. The number of urea groups is 1. The molecule has 5 aliphatic rings. The first-order valence-corrected chi connectivity index (χ1v) is 17.6. The number of amides is 2. The molecule has 3 fully saturated rings. The van der Waals surface area contributed by atoms with Crippen molar-refractivity contribution in [1.82, 2.24) is 25.0 Å². The van der Waals surface area contributed by atoms with Crippen molar-refractivity contribution < 1.29 is 23.8 Å². The summed E-state index contributed by atoms with van der Waals surface area (Å²) < 4.78 is 19.7. The number of rotatable bonds is 7. The molecule has 7 rings (SSSR count). The number of allylic oxidation sites excluding steroid dienone is 3. The monoisotopic (exact) mass is 684 g/mol. The van der Waals surface area contributed by atoms with Gasteiger partial charge in [0.15, 0.2) is 10.8 Å². The number of hydrogen-bond donors (Lipinski definition) is 2. The largest absolute Gasteiger partial charge is 0.466 e. The Hall–Kier alpha value is -4.31. The number of carbonyl (C=O) groups excluding carboxylic acids is 2. The van der Waals surface area contributed by atoms with E-state index in [0.29, 0.717) is 61.4 Å². The maximum atomic E-state index is 14.4. The molecule has 2 aromatic rings. The van der Waals surface area contributed by atoms with E-state index in [-0.39, 0.29) is 23.8 Å². The Morgan fingerprint density at radius 1 is 1.20 bits per heavy atom. The zero-order chi connectivity index (χ0) is 34.3. The van der Waals surface area contributed by atoms with Gasteiger partial charge in [0.2, 0.25) is 0 Å². The zero-order valence-corrected chi connectivity index (χ0v) is 28.8. The number of carbonyl (C=O) groups is 2. The van der Waals surface area contributed by atoms with Crippen molar-refractivity contribution in [3.63, 3.8) is 0 Å². The minimum absolute atomic E-state index is 0.0170. The van der Waals surface area contributed by atoms with Gasteiger partial charge in [-0.05, 0) is 54.5 Å². The van der Waals surface area contributed by atoms with Gasteiger partial charge >= 0.3 is 12.0 Å². The summed E-state index contributed by atoms with van der Waals surface area (Å²) in [6.07, 6.45) is 9.16. The summed E-state index contributed by atoms with van der Waals surface area (Å²) in [5.74, 6) is 5.80. The van der Waals surface area contributed by atoms with E-state index in [0.717, 1.165) is 30.4 Å². The lowest BCUT2D eigenvalue weighted by Gasteiger charge is -2.40. The number of hydrogen-bond acceptors (Lipinski definition) is 9. The highest BCUT2D eigenvalue weighted by Gasteiger charge is 2.44. The van der Waals surface area contributed by atoms with E-state index in [4.69, 9.17) is 9.73 Å². The number of ether oxygens (including phenoxy) is 1. The van der Waals surface area contributed by atoms with Crippen molar-refractivity contribution in [3.05, 3.63) is 87.3 Å². The minimum Gasteiger partial charge on any atom is -0.466 e. The van der Waals surface area contributed by atoms with E-state index >= 15 is 0 Å². The third kappa shape index (κ3) is 6.55. The van der Waals surface area contributed by atoms with Crippen molar-refractivity contribution in [2.45, 2.75) is 50.8 Å². The maximum Gasteiger partial charge on any atom is 0.337 e. The molecule has 1 aromatic carbocycles. The number of nitrogens with zero attached hydrogens (tertiary/aromatic N) is 5. The first-order valence-electron chi connectivity index (χ1n) is 16.8. The van der Waals surface area contributed by atoms with Gasteiger partial charge in [-0.15, -0.1) is 11.3 Å². The number of esters is 1. The molecule has 1 aromatic heterocycles. The molecule has 256 valence electrons. The molecule has 0 radical (unpaired) electrons. The number of halogens is 1. The third-order valence-electron chi connectivity index (χ3n) is 10.4. The van der Waals surface area contributed by atoms with E-state index in [1.807, 2.05) is 48.4 Å². The number of aliphatic imine (C=N–C) groups is 1.